The van der Waals surface area contributed by atoms with Gasteiger partial charge < -0.3 is 4.42 Å². The molecule has 0 radical (unpaired) electrons. The second kappa shape index (κ2) is 2.70. The number of aromatic nitrogens is 1. The molecule has 0 fully saturated rings. The summed E-state index contributed by atoms with van der Waals surface area (Å²) in [5.74, 6) is -0.360. The van der Waals surface area contributed by atoms with E-state index >= 15 is 0 Å². The van der Waals surface area contributed by atoms with Crippen LogP contribution in [0.2, 0.25) is 0 Å². The van der Waals surface area contributed by atoms with Gasteiger partial charge in [-0.05, 0) is 12.1 Å². The standard InChI is InChI=1S/C9H7NO2/c11-9-10(6-7-12-9)8-4-2-1-3-5-8/h1-7H. The summed E-state index contributed by atoms with van der Waals surface area (Å²) in [5, 5.41) is 0. The minimum Gasteiger partial charge on any atom is -0.416 e. The Balaban J connectivity index is 2.59. The first-order chi connectivity index (χ1) is 5.88. The summed E-state index contributed by atoms with van der Waals surface area (Å²) < 4.78 is 6.07. The number of oxazole rings is 1. The Morgan fingerprint density at radius 3 is 2.50 bits per heavy atom. The number of nitrogens with zero attached hydrogens (tertiary/aromatic N) is 1. The van der Waals surface area contributed by atoms with Crippen molar-refractivity contribution in [3.8, 4) is 5.69 Å². The van der Waals surface area contributed by atoms with Crippen molar-refractivity contribution < 1.29 is 4.42 Å². The molecule has 1 aromatic carbocycles. The van der Waals surface area contributed by atoms with E-state index in [-0.39, 0.29) is 5.76 Å². The van der Waals surface area contributed by atoms with Crippen molar-refractivity contribution >= 4 is 0 Å². The lowest BCUT2D eigenvalue weighted by Gasteiger charge is -1.96. The van der Waals surface area contributed by atoms with E-state index in [1.165, 1.54) is 10.8 Å². The highest BCUT2D eigenvalue weighted by Crippen LogP contribution is 2.02. The molecular formula is C9H7NO2. The van der Waals surface area contributed by atoms with E-state index in [9.17, 15) is 4.79 Å². The lowest BCUT2D eigenvalue weighted by atomic mass is 10.3. The number of hydrogen-bond acceptors (Lipinski definition) is 2. The van der Waals surface area contributed by atoms with Gasteiger partial charge in [-0.2, -0.15) is 0 Å². The minimum absolute atomic E-state index is 0.360. The fourth-order valence-corrected chi connectivity index (χ4v) is 1.05. The quantitative estimate of drug-likeness (QED) is 0.634. The molecule has 2 aromatic rings. The number of benzene rings is 1. The fourth-order valence-electron chi connectivity index (χ4n) is 1.05. The number of hydrogen-bond donors (Lipinski definition) is 0. The lowest BCUT2D eigenvalue weighted by Crippen LogP contribution is -2.10. The molecule has 3 heteroatoms. The van der Waals surface area contributed by atoms with Gasteiger partial charge in [0.05, 0.1) is 11.9 Å². The molecule has 2 rings (SSSR count). The van der Waals surface area contributed by atoms with Gasteiger partial charge >= 0.3 is 5.76 Å². The Bertz CT molecular complexity index is 413. The molecule has 0 atom stereocenters. The highest BCUT2D eigenvalue weighted by Gasteiger charge is 1.98. The summed E-state index contributed by atoms with van der Waals surface area (Å²) in [4.78, 5) is 11.0. The first-order valence-corrected chi connectivity index (χ1v) is 3.59. The summed E-state index contributed by atoms with van der Waals surface area (Å²) in [6.45, 7) is 0. The zero-order valence-electron chi connectivity index (χ0n) is 6.31. The van der Waals surface area contributed by atoms with Crippen LogP contribution in [-0.4, -0.2) is 4.57 Å². The maximum atomic E-state index is 11.0. The van der Waals surface area contributed by atoms with Crippen LogP contribution < -0.4 is 5.76 Å². The van der Waals surface area contributed by atoms with Crippen LogP contribution in [0, 0.1) is 0 Å². The Labute approximate surface area is 68.9 Å². The summed E-state index contributed by atoms with van der Waals surface area (Å²) >= 11 is 0. The fraction of sp³-hybridized carbons (Fsp3) is 0. The van der Waals surface area contributed by atoms with Crippen molar-refractivity contribution in [3.05, 3.63) is 53.3 Å². The van der Waals surface area contributed by atoms with E-state index in [0.29, 0.717) is 0 Å². The SMILES string of the molecule is O=c1occn1-c1ccccc1. The molecule has 1 heterocycles. The van der Waals surface area contributed by atoms with Crippen LogP contribution in [0.3, 0.4) is 0 Å². The highest BCUT2D eigenvalue weighted by molar-refractivity contribution is 5.30. The maximum Gasteiger partial charge on any atom is 0.423 e. The predicted molar refractivity (Wildman–Crippen MR) is 44.3 cm³/mol. The summed E-state index contributed by atoms with van der Waals surface area (Å²) in [6.07, 6.45) is 2.97. The third-order valence-electron chi connectivity index (χ3n) is 1.61. The minimum atomic E-state index is -0.360. The third-order valence-corrected chi connectivity index (χ3v) is 1.61. The Morgan fingerprint density at radius 1 is 1.17 bits per heavy atom. The molecule has 0 bridgehead atoms. The molecule has 1 aromatic heterocycles. The molecule has 0 aliphatic carbocycles. The van der Waals surface area contributed by atoms with Gasteiger partial charge in [-0.15, -0.1) is 0 Å². The van der Waals surface area contributed by atoms with Crippen LogP contribution in [-0.2, 0) is 0 Å². The van der Waals surface area contributed by atoms with E-state index in [1.807, 2.05) is 30.3 Å². The summed E-state index contributed by atoms with van der Waals surface area (Å²) in [5.41, 5.74) is 0.816. The molecule has 0 aliphatic rings. The first-order valence-electron chi connectivity index (χ1n) is 3.59. The summed E-state index contributed by atoms with van der Waals surface area (Å²) in [7, 11) is 0. The zero-order valence-corrected chi connectivity index (χ0v) is 6.31. The van der Waals surface area contributed by atoms with Gasteiger partial charge in [0, 0.05) is 0 Å². The van der Waals surface area contributed by atoms with Crippen molar-refractivity contribution in [2.24, 2.45) is 0 Å². The molecular weight excluding hydrogens is 154 g/mol. The number of para-hydroxylation sites is 1. The van der Waals surface area contributed by atoms with Crippen LogP contribution in [0.5, 0.6) is 0 Å². The highest BCUT2D eigenvalue weighted by atomic mass is 16.4. The van der Waals surface area contributed by atoms with Crippen molar-refractivity contribution in [1.29, 1.82) is 0 Å². The van der Waals surface area contributed by atoms with Crippen LogP contribution in [0.25, 0.3) is 5.69 Å². The van der Waals surface area contributed by atoms with E-state index in [4.69, 9.17) is 0 Å². The van der Waals surface area contributed by atoms with Crippen molar-refractivity contribution in [2.75, 3.05) is 0 Å². The summed E-state index contributed by atoms with van der Waals surface area (Å²) in [6, 6.07) is 9.33. The third kappa shape index (κ3) is 1.05. The van der Waals surface area contributed by atoms with Gasteiger partial charge in [-0.1, -0.05) is 18.2 Å². The molecule has 0 aliphatic heterocycles. The maximum absolute atomic E-state index is 11.0. The molecule has 0 unspecified atom stereocenters. The molecule has 60 valence electrons. The van der Waals surface area contributed by atoms with Crippen LogP contribution in [0.1, 0.15) is 0 Å². The predicted octanol–water partition coefficient (Wildman–Crippen LogP) is 1.43. The second-order valence-electron chi connectivity index (χ2n) is 2.37. The van der Waals surface area contributed by atoms with Crippen LogP contribution in [0.4, 0.5) is 0 Å². The zero-order chi connectivity index (χ0) is 8.39. The van der Waals surface area contributed by atoms with Crippen molar-refractivity contribution in [3.63, 3.8) is 0 Å². The van der Waals surface area contributed by atoms with Gasteiger partial charge in [-0.25, -0.2) is 9.36 Å². The molecule has 0 N–H and O–H groups in total. The lowest BCUT2D eigenvalue weighted by molar-refractivity contribution is 0.504. The Morgan fingerprint density at radius 2 is 1.92 bits per heavy atom. The molecule has 0 saturated heterocycles. The van der Waals surface area contributed by atoms with Crippen molar-refractivity contribution in [2.45, 2.75) is 0 Å². The first kappa shape index (κ1) is 6.91. The molecule has 0 saturated carbocycles. The van der Waals surface area contributed by atoms with Crippen molar-refractivity contribution in [1.82, 2.24) is 4.57 Å². The van der Waals surface area contributed by atoms with E-state index in [2.05, 4.69) is 4.42 Å². The average molecular weight is 161 g/mol. The normalized spacial score (nSPS) is 10.0. The van der Waals surface area contributed by atoms with Gasteiger partial charge in [-0.3, -0.25) is 0 Å². The van der Waals surface area contributed by atoms with Crippen LogP contribution >= 0.6 is 0 Å². The van der Waals surface area contributed by atoms with Gasteiger partial charge in [0.25, 0.3) is 0 Å². The topological polar surface area (TPSA) is 35.1 Å². The second-order valence-corrected chi connectivity index (χ2v) is 2.37. The Kier molecular flexibility index (Phi) is 1.55. The molecule has 0 spiro atoms. The van der Waals surface area contributed by atoms with Gasteiger partial charge in [0.15, 0.2) is 0 Å². The van der Waals surface area contributed by atoms with Crippen LogP contribution in [0.15, 0.2) is 52.0 Å². The number of rotatable bonds is 1. The van der Waals surface area contributed by atoms with Gasteiger partial charge in [0.1, 0.15) is 6.26 Å². The Hall–Kier alpha value is -1.77. The average Bonchev–Trinajstić information content (AvgIpc) is 2.53. The smallest absolute Gasteiger partial charge is 0.416 e. The van der Waals surface area contributed by atoms with E-state index in [1.54, 1.807) is 6.20 Å². The molecule has 3 nitrogen and oxygen atoms in total. The largest absolute Gasteiger partial charge is 0.423 e. The molecule has 0 amide bonds. The monoisotopic (exact) mass is 161 g/mol. The van der Waals surface area contributed by atoms with E-state index < -0.39 is 0 Å². The van der Waals surface area contributed by atoms with E-state index in [0.717, 1.165) is 5.69 Å². The van der Waals surface area contributed by atoms with Gasteiger partial charge in [0.2, 0.25) is 0 Å². The molecule has 12 heavy (non-hydrogen) atoms.